The van der Waals surface area contributed by atoms with E-state index in [9.17, 15) is 29.1 Å². The second kappa shape index (κ2) is 20.2. The number of carboxylic acid groups (broad SMARTS) is 1. The van der Waals surface area contributed by atoms with Gasteiger partial charge in [0.05, 0.1) is 63.3 Å². The topological polar surface area (TPSA) is 161 Å². The maximum absolute atomic E-state index is 14.9. The van der Waals surface area contributed by atoms with Gasteiger partial charge in [-0.3, -0.25) is 19.2 Å². The van der Waals surface area contributed by atoms with Gasteiger partial charge in [0.2, 0.25) is 17.7 Å². The Hall–Kier alpha value is -5.59. The first-order valence-corrected chi connectivity index (χ1v) is 20.2. The fourth-order valence-corrected chi connectivity index (χ4v) is 8.27. The number of Topliss-reactive ketones (excluding diaryl/α,β-unsaturated/α-hetero) is 1. The number of nitrogens with one attached hydrogen (secondary N) is 1. The predicted molar refractivity (Wildman–Crippen MR) is 217 cm³/mol. The van der Waals surface area contributed by atoms with Crippen LogP contribution in [0, 0.1) is 11.8 Å². The molecule has 0 spiro atoms. The van der Waals surface area contributed by atoms with Gasteiger partial charge in [-0.15, -0.1) is 0 Å². The van der Waals surface area contributed by atoms with Gasteiger partial charge in [0.1, 0.15) is 35.4 Å². The molecular formula is C45H57N3O10. The maximum atomic E-state index is 14.9. The van der Waals surface area contributed by atoms with Crippen LogP contribution in [0.4, 0.5) is 0 Å². The monoisotopic (exact) mass is 799 g/mol. The van der Waals surface area contributed by atoms with Crippen LogP contribution >= 0.6 is 0 Å². The zero-order chi connectivity index (χ0) is 41.9. The van der Waals surface area contributed by atoms with Crippen LogP contribution in [0.2, 0.25) is 0 Å². The number of hydrogen-bond acceptors (Lipinski definition) is 9. The minimum absolute atomic E-state index is 0.0663. The van der Waals surface area contributed by atoms with E-state index in [0.29, 0.717) is 47.2 Å². The molecule has 2 bridgehead atoms. The number of benzene rings is 3. The van der Waals surface area contributed by atoms with Crippen LogP contribution in [0.15, 0.2) is 54.6 Å². The van der Waals surface area contributed by atoms with Crippen molar-refractivity contribution in [2.24, 2.45) is 11.8 Å². The Morgan fingerprint density at radius 3 is 1.98 bits per heavy atom. The molecule has 3 aromatic rings. The normalized spacial score (nSPS) is 17.9. The summed E-state index contributed by atoms with van der Waals surface area (Å²) in [6.45, 7) is 5.24. The van der Waals surface area contributed by atoms with E-state index in [4.69, 9.17) is 18.9 Å². The molecule has 13 nitrogen and oxygen atoms in total. The lowest BCUT2D eigenvalue weighted by Crippen LogP contribution is -2.56. The Bertz CT molecular complexity index is 1910. The van der Waals surface area contributed by atoms with Crippen molar-refractivity contribution in [2.75, 3.05) is 48.0 Å². The number of ether oxygens (including phenoxy) is 4. The van der Waals surface area contributed by atoms with Gasteiger partial charge in [-0.2, -0.15) is 0 Å². The molecule has 1 saturated carbocycles. The molecule has 3 aliphatic carbocycles. The number of carboxylic acids is 1. The molecule has 6 rings (SSSR count). The summed E-state index contributed by atoms with van der Waals surface area (Å²) in [6, 6.07) is 15.3. The number of amides is 3. The largest absolute Gasteiger partial charge is 0.496 e. The van der Waals surface area contributed by atoms with E-state index in [1.807, 2.05) is 17.0 Å². The minimum Gasteiger partial charge on any atom is -0.496 e. The number of carbonyl (C=O) groups is 5. The molecule has 3 amide bonds. The summed E-state index contributed by atoms with van der Waals surface area (Å²) in [5.74, 6) is -3.39. The number of likely N-dealkylation sites (N-methyl/N-ethyl adjacent to an activating group) is 1. The molecule has 58 heavy (non-hydrogen) atoms. The molecule has 1 unspecified atom stereocenters. The number of rotatable bonds is 21. The maximum Gasteiger partial charge on any atom is 0.335 e. The number of nitrogens with zero attached hydrogens (tertiary/aromatic N) is 2. The minimum atomic E-state index is -1.02. The molecule has 0 saturated heterocycles. The highest BCUT2D eigenvalue weighted by atomic mass is 16.5. The van der Waals surface area contributed by atoms with E-state index >= 15 is 0 Å². The third kappa shape index (κ3) is 9.92. The SMILES string of the molecule is CCCCCN(CCCCC)C(=O)[C@@H]1[C@H](C(=O)N(C)CC(=O)NCc2c(OC)cc(OC)cc2OC)C2CC(=O)[C@H]1c1cc(OCc3ccc(C(=O)O)cc3)ccc12. The van der Waals surface area contributed by atoms with Crippen molar-refractivity contribution < 1.29 is 48.0 Å². The zero-order valence-electron chi connectivity index (χ0n) is 34.5. The number of methoxy groups -OCH3 is 3. The van der Waals surface area contributed by atoms with Crippen LogP contribution < -0.4 is 24.3 Å². The fourth-order valence-electron chi connectivity index (χ4n) is 8.27. The van der Waals surface area contributed by atoms with Crippen molar-refractivity contribution in [3.8, 4) is 23.0 Å². The third-order valence-electron chi connectivity index (χ3n) is 11.3. The highest BCUT2D eigenvalue weighted by Crippen LogP contribution is 2.55. The summed E-state index contributed by atoms with van der Waals surface area (Å²) >= 11 is 0. The Morgan fingerprint density at radius 1 is 0.776 bits per heavy atom. The quantitative estimate of drug-likeness (QED) is 0.116. The van der Waals surface area contributed by atoms with Crippen LogP contribution in [0.25, 0.3) is 0 Å². The van der Waals surface area contributed by atoms with Crippen LogP contribution in [0.3, 0.4) is 0 Å². The molecule has 2 N–H and O–H groups in total. The van der Waals surface area contributed by atoms with Gasteiger partial charge in [0, 0.05) is 44.6 Å². The summed E-state index contributed by atoms with van der Waals surface area (Å²) in [5.41, 5.74) is 3.05. The standard InChI is InChI=1S/C45H57N3O10/c1-7-9-11-19-48(20-12-10-8-2)44(52)42-40-33-21-30(58-27-28-13-15-29(16-14-28)45(53)54)17-18-32(33)34(24-36(40)49)41(42)43(51)47(3)26-39(50)46-25-35-37(56-5)22-31(55-4)23-38(35)57-6/h13-18,21-23,34,40-42H,7-12,19-20,24-27H2,1-6H3,(H,46,50)(H,53,54)/t34?,40-,41-,42+/m1/s1. The summed E-state index contributed by atoms with van der Waals surface area (Å²) in [7, 11) is 6.11. The first-order valence-electron chi connectivity index (χ1n) is 20.2. The van der Waals surface area contributed by atoms with Gasteiger partial charge >= 0.3 is 5.97 Å². The Labute approximate surface area is 341 Å². The lowest BCUT2D eigenvalue weighted by Gasteiger charge is -2.49. The van der Waals surface area contributed by atoms with Gasteiger partial charge in [-0.1, -0.05) is 57.7 Å². The first kappa shape index (κ1) is 43.5. The van der Waals surface area contributed by atoms with E-state index in [-0.39, 0.29) is 49.3 Å². The van der Waals surface area contributed by atoms with E-state index < -0.39 is 35.5 Å². The number of unbranched alkanes of at least 4 members (excludes halogenated alkanes) is 4. The van der Waals surface area contributed by atoms with Crippen LogP contribution in [-0.2, 0) is 32.3 Å². The Kier molecular flexibility index (Phi) is 15.2. The Balaban J connectivity index is 1.42. The lowest BCUT2D eigenvalue weighted by molar-refractivity contribution is -0.154. The lowest BCUT2D eigenvalue weighted by atomic mass is 9.55. The average Bonchev–Trinajstić information content (AvgIpc) is 3.23. The zero-order valence-corrected chi connectivity index (χ0v) is 34.5. The molecule has 0 heterocycles. The molecule has 0 aromatic heterocycles. The summed E-state index contributed by atoms with van der Waals surface area (Å²) in [4.78, 5) is 71.6. The van der Waals surface area contributed by atoms with Crippen molar-refractivity contribution in [1.82, 2.24) is 15.1 Å². The van der Waals surface area contributed by atoms with E-state index in [1.54, 1.807) is 37.4 Å². The number of ketones is 1. The molecular weight excluding hydrogens is 743 g/mol. The Morgan fingerprint density at radius 2 is 1.41 bits per heavy atom. The molecule has 1 fully saturated rings. The van der Waals surface area contributed by atoms with Crippen LogP contribution in [-0.4, -0.2) is 92.4 Å². The highest BCUT2D eigenvalue weighted by molar-refractivity contribution is 6.01. The summed E-state index contributed by atoms with van der Waals surface area (Å²) in [5, 5.41) is 12.1. The van der Waals surface area contributed by atoms with Gasteiger partial charge in [-0.05, 0) is 53.8 Å². The van der Waals surface area contributed by atoms with Crippen molar-refractivity contribution in [3.05, 3.63) is 82.4 Å². The van der Waals surface area contributed by atoms with E-state index in [0.717, 1.165) is 49.7 Å². The van der Waals surface area contributed by atoms with Gasteiger partial charge in [0.15, 0.2) is 0 Å². The second-order valence-electron chi connectivity index (χ2n) is 15.1. The molecule has 3 aromatic carbocycles. The van der Waals surface area contributed by atoms with E-state index in [1.165, 1.54) is 38.4 Å². The fraction of sp³-hybridized carbons (Fsp3) is 0.489. The highest BCUT2D eigenvalue weighted by Gasteiger charge is 2.57. The number of aromatic carboxylic acids is 1. The predicted octanol–water partition coefficient (Wildman–Crippen LogP) is 6.36. The number of carbonyl (C=O) groups excluding carboxylic acids is 4. The van der Waals surface area contributed by atoms with Crippen LogP contribution in [0.1, 0.15) is 103 Å². The second-order valence-corrected chi connectivity index (χ2v) is 15.1. The summed E-state index contributed by atoms with van der Waals surface area (Å²) in [6.07, 6.45) is 5.59. The van der Waals surface area contributed by atoms with Gasteiger partial charge < -0.3 is 39.2 Å². The van der Waals surface area contributed by atoms with Crippen LogP contribution in [0.5, 0.6) is 23.0 Å². The first-order chi connectivity index (χ1) is 27.9. The smallest absolute Gasteiger partial charge is 0.335 e. The molecule has 3 aliphatic rings. The molecule has 312 valence electrons. The third-order valence-corrected chi connectivity index (χ3v) is 11.3. The van der Waals surface area contributed by atoms with Gasteiger partial charge in [0.25, 0.3) is 0 Å². The number of hydrogen-bond donors (Lipinski definition) is 2. The average molecular weight is 800 g/mol. The van der Waals surface area contributed by atoms with Crippen molar-refractivity contribution in [1.29, 1.82) is 0 Å². The molecule has 13 heteroatoms. The molecule has 4 atom stereocenters. The molecule has 0 radical (unpaired) electrons. The van der Waals surface area contributed by atoms with Crippen molar-refractivity contribution in [3.63, 3.8) is 0 Å². The summed E-state index contributed by atoms with van der Waals surface area (Å²) < 4.78 is 22.5. The van der Waals surface area contributed by atoms with E-state index in [2.05, 4.69) is 19.2 Å². The van der Waals surface area contributed by atoms with Crippen molar-refractivity contribution >= 4 is 29.5 Å². The molecule has 0 aliphatic heterocycles. The number of fused-ring (bicyclic) bond motifs is 2. The van der Waals surface area contributed by atoms with Crippen molar-refractivity contribution in [2.45, 2.75) is 83.8 Å². The van der Waals surface area contributed by atoms with Gasteiger partial charge in [-0.25, -0.2) is 4.79 Å².